The van der Waals surface area contributed by atoms with E-state index in [4.69, 9.17) is 0 Å². The minimum Gasteiger partial charge on any atom is -0.357 e. The Morgan fingerprint density at radius 3 is 2.93 bits per heavy atom. The fourth-order valence-electron chi connectivity index (χ4n) is 1.54. The summed E-state index contributed by atoms with van der Waals surface area (Å²) in [5.41, 5.74) is 2.03. The molecular weight excluding hydrogens is 242 g/mol. The van der Waals surface area contributed by atoms with Crippen molar-refractivity contribution in [2.24, 2.45) is 0 Å². The molecule has 3 heteroatoms. The van der Waals surface area contributed by atoms with E-state index in [2.05, 4.69) is 20.9 Å². The highest BCUT2D eigenvalue weighted by Gasteiger charge is 2.04. The molecule has 14 heavy (non-hydrogen) atoms. The lowest BCUT2D eigenvalue weighted by atomic mass is 10.2. The van der Waals surface area contributed by atoms with Crippen LogP contribution >= 0.6 is 15.9 Å². The third-order valence-electron chi connectivity index (χ3n) is 2.10. The molecule has 72 valence electrons. The van der Waals surface area contributed by atoms with Gasteiger partial charge in [-0.15, -0.1) is 0 Å². The molecule has 0 aliphatic carbocycles. The van der Waals surface area contributed by atoms with Crippen LogP contribution in [0, 0.1) is 0 Å². The molecule has 0 spiro atoms. The predicted octanol–water partition coefficient (Wildman–Crippen LogP) is 3.06. The molecule has 0 fully saturated rings. The van der Waals surface area contributed by atoms with E-state index in [1.165, 1.54) is 0 Å². The van der Waals surface area contributed by atoms with E-state index in [1.807, 2.05) is 24.3 Å². The van der Waals surface area contributed by atoms with Gasteiger partial charge in [0.25, 0.3) is 0 Å². The summed E-state index contributed by atoms with van der Waals surface area (Å²) < 4.78 is 1.03. The van der Waals surface area contributed by atoms with Gasteiger partial charge in [-0.1, -0.05) is 12.1 Å². The maximum atomic E-state index is 10.9. The Labute approximate surface area is 90.4 Å². The first-order valence-corrected chi connectivity index (χ1v) is 5.21. The predicted molar refractivity (Wildman–Crippen MR) is 60.4 cm³/mol. The number of rotatable bonds is 2. The fourth-order valence-corrected chi connectivity index (χ4v) is 2.02. The van der Waals surface area contributed by atoms with Crippen LogP contribution in [0.15, 0.2) is 28.7 Å². The van der Waals surface area contributed by atoms with E-state index in [0.717, 1.165) is 21.1 Å². The number of aromatic amines is 1. The molecule has 0 aliphatic heterocycles. The van der Waals surface area contributed by atoms with Gasteiger partial charge in [-0.2, -0.15) is 0 Å². The van der Waals surface area contributed by atoms with Gasteiger partial charge in [0.1, 0.15) is 5.78 Å². The number of fused-ring (bicyclic) bond motifs is 1. The highest BCUT2D eigenvalue weighted by atomic mass is 79.9. The van der Waals surface area contributed by atoms with Crippen LogP contribution in [0.4, 0.5) is 0 Å². The van der Waals surface area contributed by atoms with Crippen LogP contribution in [0.5, 0.6) is 0 Å². The first-order valence-electron chi connectivity index (χ1n) is 4.42. The highest BCUT2D eigenvalue weighted by Crippen LogP contribution is 2.23. The maximum absolute atomic E-state index is 10.9. The second-order valence-electron chi connectivity index (χ2n) is 3.38. The lowest BCUT2D eigenvalue weighted by Crippen LogP contribution is -1.95. The summed E-state index contributed by atoms with van der Waals surface area (Å²) in [6.07, 6.45) is 0.473. The van der Waals surface area contributed by atoms with Gasteiger partial charge >= 0.3 is 0 Å². The topological polar surface area (TPSA) is 32.9 Å². The number of halogens is 1. The summed E-state index contributed by atoms with van der Waals surface area (Å²) in [6, 6.07) is 8.01. The van der Waals surface area contributed by atoms with Crippen molar-refractivity contribution in [3.05, 3.63) is 34.4 Å². The molecule has 0 atom stereocenters. The summed E-state index contributed by atoms with van der Waals surface area (Å²) in [7, 11) is 0. The van der Waals surface area contributed by atoms with Gasteiger partial charge in [0, 0.05) is 22.0 Å². The largest absolute Gasteiger partial charge is 0.357 e. The van der Waals surface area contributed by atoms with Crippen LogP contribution in [0.1, 0.15) is 12.6 Å². The van der Waals surface area contributed by atoms with Crippen LogP contribution in [-0.2, 0) is 11.2 Å². The zero-order valence-electron chi connectivity index (χ0n) is 7.80. The number of carbonyl (C=O) groups excluding carboxylic acids is 1. The Morgan fingerprint density at radius 1 is 1.50 bits per heavy atom. The Balaban J connectivity index is 2.51. The maximum Gasteiger partial charge on any atom is 0.135 e. The Hall–Kier alpha value is -1.09. The lowest BCUT2D eigenvalue weighted by Gasteiger charge is -1.92. The van der Waals surface area contributed by atoms with Crippen molar-refractivity contribution >= 4 is 32.6 Å². The zero-order chi connectivity index (χ0) is 10.1. The second-order valence-corrected chi connectivity index (χ2v) is 4.23. The summed E-state index contributed by atoms with van der Waals surface area (Å²) >= 11 is 3.46. The molecule has 1 N–H and O–H groups in total. The normalized spacial score (nSPS) is 10.7. The third-order valence-corrected chi connectivity index (χ3v) is 2.76. The standard InChI is InChI=1S/C11H10BrNO/c1-7(14)5-9-6-8-3-2-4-10(12)11(8)13-9/h2-4,6,13H,5H2,1H3. The summed E-state index contributed by atoms with van der Waals surface area (Å²) in [6.45, 7) is 1.60. The van der Waals surface area contributed by atoms with Gasteiger partial charge in [0.05, 0.1) is 5.52 Å². The second kappa shape index (κ2) is 3.58. The molecule has 2 nitrogen and oxygen atoms in total. The molecule has 2 aromatic rings. The van der Waals surface area contributed by atoms with Crippen molar-refractivity contribution in [1.82, 2.24) is 4.98 Å². The van der Waals surface area contributed by atoms with Gasteiger partial charge in [0.15, 0.2) is 0 Å². The molecule has 0 saturated carbocycles. The molecule has 0 amide bonds. The van der Waals surface area contributed by atoms with E-state index in [1.54, 1.807) is 6.92 Å². The lowest BCUT2D eigenvalue weighted by molar-refractivity contribution is -0.116. The highest BCUT2D eigenvalue weighted by molar-refractivity contribution is 9.10. The van der Waals surface area contributed by atoms with E-state index in [9.17, 15) is 4.79 Å². The number of nitrogens with one attached hydrogen (secondary N) is 1. The Kier molecular flexibility index (Phi) is 2.42. The van der Waals surface area contributed by atoms with E-state index < -0.39 is 0 Å². The van der Waals surface area contributed by atoms with Crippen LogP contribution in [-0.4, -0.2) is 10.8 Å². The minimum atomic E-state index is 0.174. The number of Topliss-reactive ketones (excluding diaryl/α,β-unsaturated/α-hetero) is 1. The Morgan fingerprint density at radius 2 is 2.29 bits per heavy atom. The van der Waals surface area contributed by atoms with Crippen LogP contribution in [0.2, 0.25) is 0 Å². The van der Waals surface area contributed by atoms with Gasteiger partial charge in [0.2, 0.25) is 0 Å². The molecule has 0 unspecified atom stereocenters. The quantitative estimate of drug-likeness (QED) is 0.875. The van der Waals surface area contributed by atoms with Crippen molar-refractivity contribution in [3.8, 4) is 0 Å². The molecule has 0 saturated heterocycles. The Bertz CT molecular complexity index is 487. The summed E-state index contributed by atoms with van der Waals surface area (Å²) in [5, 5.41) is 1.13. The number of para-hydroxylation sites is 1. The van der Waals surface area contributed by atoms with Gasteiger partial charge in [-0.3, -0.25) is 4.79 Å². The molecule has 0 radical (unpaired) electrons. The monoisotopic (exact) mass is 251 g/mol. The van der Waals surface area contributed by atoms with Crippen molar-refractivity contribution in [3.63, 3.8) is 0 Å². The van der Waals surface area contributed by atoms with Crippen LogP contribution in [0.25, 0.3) is 10.9 Å². The molecule has 0 bridgehead atoms. The van der Waals surface area contributed by atoms with E-state index >= 15 is 0 Å². The SMILES string of the molecule is CC(=O)Cc1cc2cccc(Br)c2[nH]1. The van der Waals surface area contributed by atoms with Crippen molar-refractivity contribution in [1.29, 1.82) is 0 Å². The smallest absolute Gasteiger partial charge is 0.135 e. The van der Waals surface area contributed by atoms with Gasteiger partial charge in [-0.25, -0.2) is 0 Å². The van der Waals surface area contributed by atoms with Crippen molar-refractivity contribution in [2.75, 3.05) is 0 Å². The fraction of sp³-hybridized carbons (Fsp3) is 0.182. The first kappa shape index (κ1) is 9.46. The number of hydrogen-bond donors (Lipinski definition) is 1. The van der Waals surface area contributed by atoms with Crippen LogP contribution in [0.3, 0.4) is 0 Å². The average molecular weight is 252 g/mol. The van der Waals surface area contributed by atoms with Crippen molar-refractivity contribution < 1.29 is 4.79 Å². The number of benzene rings is 1. The number of ketones is 1. The van der Waals surface area contributed by atoms with Crippen molar-refractivity contribution in [2.45, 2.75) is 13.3 Å². The van der Waals surface area contributed by atoms with E-state index in [0.29, 0.717) is 6.42 Å². The summed E-state index contributed by atoms with van der Waals surface area (Å²) in [4.78, 5) is 14.2. The molecule has 0 aliphatic rings. The van der Waals surface area contributed by atoms with Gasteiger partial charge < -0.3 is 4.98 Å². The third kappa shape index (κ3) is 1.73. The molecule has 1 heterocycles. The zero-order valence-corrected chi connectivity index (χ0v) is 9.39. The molecule has 1 aromatic heterocycles. The first-order chi connectivity index (χ1) is 6.66. The number of carbonyl (C=O) groups is 1. The van der Waals surface area contributed by atoms with E-state index in [-0.39, 0.29) is 5.78 Å². The number of H-pyrrole nitrogens is 1. The van der Waals surface area contributed by atoms with Crippen LogP contribution < -0.4 is 0 Å². The minimum absolute atomic E-state index is 0.174. The molecular formula is C11H10BrNO. The molecule has 2 rings (SSSR count). The van der Waals surface area contributed by atoms with Gasteiger partial charge in [-0.05, 0) is 35.0 Å². The number of aromatic nitrogens is 1. The summed E-state index contributed by atoms with van der Waals surface area (Å²) in [5.74, 6) is 0.174. The average Bonchev–Trinajstić information content (AvgIpc) is 2.47. The number of hydrogen-bond acceptors (Lipinski definition) is 1. The molecule has 1 aromatic carbocycles.